The van der Waals surface area contributed by atoms with Crippen molar-refractivity contribution in [1.29, 1.82) is 0 Å². The van der Waals surface area contributed by atoms with Crippen molar-refractivity contribution in [2.45, 2.75) is 581 Å². The van der Waals surface area contributed by atoms with Gasteiger partial charge in [-0.05, 0) is 122 Å². The number of fused-ring (bicyclic) bond motifs is 8. The summed E-state index contributed by atoms with van der Waals surface area (Å²) in [5.74, 6) is 4.52. The van der Waals surface area contributed by atoms with Crippen LogP contribution in [0, 0.1) is 0 Å². The zero-order chi connectivity index (χ0) is 95.6. The molecule has 0 spiro atoms. The number of benzene rings is 2. The highest BCUT2D eigenvalue weighted by Gasteiger charge is 2.28. The van der Waals surface area contributed by atoms with E-state index in [1.54, 1.807) is 0 Å². The van der Waals surface area contributed by atoms with Gasteiger partial charge >= 0.3 is 0 Å². The first-order valence-corrected chi connectivity index (χ1v) is 60.0. The zero-order valence-electron chi connectivity index (χ0n) is 89.9. The molecule has 0 saturated heterocycles. The van der Waals surface area contributed by atoms with Gasteiger partial charge in [-0.3, -0.25) is 0 Å². The summed E-state index contributed by atoms with van der Waals surface area (Å²) in [7, 11) is 0. The fourth-order valence-electron chi connectivity index (χ4n) is 20.6. The fourth-order valence-corrected chi connectivity index (χ4v) is 20.6. The highest BCUT2D eigenvalue weighted by Crippen LogP contribution is 2.47. The van der Waals surface area contributed by atoms with Crippen LogP contribution in [0.4, 0.5) is 0 Å². The number of nitrogens with zero attached hydrogens (tertiary/aromatic N) is 2. The number of H-pyrrole nitrogens is 2. The number of unbranched alkanes of at least 4 members (excludes halogenated alkanes) is 78. The third kappa shape index (κ3) is 53.8. The molecule has 0 saturated carbocycles. The Morgan fingerprint density at radius 1 is 0.176 bits per heavy atom. The summed E-state index contributed by atoms with van der Waals surface area (Å²) in [6, 6.07) is 17.9. The molecule has 0 atom stereocenters. The van der Waals surface area contributed by atoms with Crippen LogP contribution in [0.5, 0.6) is 34.5 Å². The Labute approximate surface area is 838 Å². The average molecular weight is 1880 g/mol. The number of allylic oxidation sites excluding steroid dienone is 4. The minimum atomic E-state index is 0.619. The summed E-state index contributed by atoms with van der Waals surface area (Å²) >= 11 is 0. The second kappa shape index (κ2) is 82.6. The lowest BCUT2D eigenvalue weighted by atomic mass is 9.99. The van der Waals surface area contributed by atoms with E-state index < -0.39 is 0 Å². The van der Waals surface area contributed by atoms with Gasteiger partial charge in [-0.2, -0.15) is 0 Å². The predicted molar refractivity (Wildman–Crippen MR) is 593 cm³/mol. The Hall–Kier alpha value is -5.90. The number of aromatic nitrogens is 2. The Bertz CT molecular complexity index is 3360. The minimum absolute atomic E-state index is 0.619. The number of ether oxygens (including phenoxy) is 6. The summed E-state index contributed by atoms with van der Waals surface area (Å²) in [5, 5.41) is 0. The molecule has 136 heavy (non-hydrogen) atoms. The van der Waals surface area contributed by atoms with E-state index in [4.69, 9.17) is 38.4 Å². The maximum atomic E-state index is 7.16. The van der Waals surface area contributed by atoms with Gasteiger partial charge < -0.3 is 38.4 Å². The van der Waals surface area contributed by atoms with Crippen LogP contribution >= 0.6 is 0 Å². The Morgan fingerprint density at radius 3 is 0.507 bits per heavy atom. The third-order valence-corrected chi connectivity index (χ3v) is 29.4. The molecule has 10 heteroatoms. The number of rotatable bonds is 98. The highest BCUT2D eigenvalue weighted by atomic mass is 16.5. The van der Waals surface area contributed by atoms with Crippen molar-refractivity contribution in [2.75, 3.05) is 39.6 Å². The van der Waals surface area contributed by atoms with Crippen molar-refractivity contribution in [3.05, 3.63) is 118 Å². The number of aromatic amines is 2. The summed E-state index contributed by atoms with van der Waals surface area (Å²) in [6.07, 6.45) is 120. The van der Waals surface area contributed by atoms with Gasteiger partial charge in [0.2, 0.25) is 11.5 Å². The van der Waals surface area contributed by atoms with Crippen molar-refractivity contribution in [2.24, 2.45) is 9.98 Å². The molecule has 772 valence electrons. The van der Waals surface area contributed by atoms with Gasteiger partial charge in [-0.15, -0.1) is 0 Å². The van der Waals surface area contributed by atoms with E-state index in [0.717, 1.165) is 179 Å². The van der Waals surface area contributed by atoms with Crippen LogP contribution < -0.4 is 28.4 Å². The molecule has 7 rings (SSSR count). The molecule has 0 unspecified atom stereocenters. The monoisotopic (exact) mass is 1880 g/mol. The molecule has 0 radical (unpaired) electrons. The van der Waals surface area contributed by atoms with Crippen molar-refractivity contribution in [1.82, 2.24) is 9.97 Å². The Morgan fingerprint density at radius 2 is 0.331 bits per heavy atom. The maximum Gasteiger partial charge on any atom is 0.203 e. The summed E-state index contributed by atoms with van der Waals surface area (Å²) in [6.45, 7) is 17.6. The first-order chi connectivity index (χ1) is 67.5. The molecular formula is C126H212N4O6. The van der Waals surface area contributed by atoms with E-state index in [1.165, 1.54) is 462 Å². The van der Waals surface area contributed by atoms with Crippen LogP contribution in [0.25, 0.3) is 11.1 Å². The molecule has 2 N–H and O–H groups in total. The van der Waals surface area contributed by atoms with Gasteiger partial charge in [0.15, 0.2) is 23.0 Å². The Balaban J connectivity index is 1.17. The molecule has 4 aromatic rings. The largest absolute Gasteiger partial charge is 0.490 e. The first-order valence-electron chi connectivity index (χ1n) is 60.0. The van der Waals surface area contributed by atoms with Crippen molar-refractivity contribution >= 4 is 22.6 Å². The summed E-state index contributed by atoms with van der Waals surface area (Å²) in [4.78, 5) is 19.3. The van der Waals surface area contributed by atoms with Crippen LogP contribution in [-0.4, -0.2) is 61.0 Å². The van der Waals surface area contributed by atoms with Crippen LogP contribution in [0.1, 0.15) is 615 Å². The fraction of sp³-hybridized carbons (Fsp3) is 0.762. The molecule has 0 amide bonds. The van der Waals surface area contributed by atoms with Gasteiger partial charge in [-0.25, -0.2) is 9.98 Å². The van der Waals surface area contributed by atoms with E-state index in [1.807, 2.05) is 0 Å². The molecular weight excluding hydrogens is 1670 g/mol. The molecule has 2 aromatic heterocycles. The van der Waals surface area contributed by atoms with E-state index >= 15 is 0 Å². The molecule has 0 fully saturated rings. The van der Waals surface area contributed by atoms with Crippen LogP contribution in [-0.2, 0) is 0 Å². The van der Waals surface area contributed by atoms with E-state index in [9.17, 15) is 0 Å². The summed E-state index contributed by atoms with van der Waals surface area (Å²) < 4.78 is 42.8. The SMILES string of the molecule is CCCCCCCCCCCCCCCCOc1cc(C2=C3C=CC(=N3)c3ccc([nH]3)C(c3cc(OCCCCCCCCCCCCCCCC)c(OCCCCCCCCCCCCCCCC)c(OCCCCCCCCCCCCCCCC)c3)=C3C=CC(=N3)c3ccc2[nH]3)cc(OCCCCCCCCCCCCCCCC)c1OCCCCCCCCCCCCCCCC. The van der Waals surface area contributed by atoms with E-state index in [2.05, 4.69) is 124 Å². The number of hydrogen-bond acceptors (Lipinski definition) is 8. The second-order valence-electron chi connectivity index (χ2n) is 42.0. The Kier molecular flexibility index (Phi) is 71.1. The number of hydrogen-bond donors (Lipinski definition) is 2. The molecule has 0 aliphatic carbocycles. The van der Waals surface area contributed by atoms with Gasteiger partial charge in [0, 0.05) is 22.5 Å². The quantitative estimate of drug-likeness (QED) is 0.0426. The zero-order valence-corrected chi connectivity index (χ0v) is 89.9. The van der Waals surface area contributed by atoms with Crippen molar-refractivity contribution in [3.63, 3.8) is 0 Å². The normalized spacial score (nSPS) is 12.9. The summed E-state index contributed by atoms with van der Waals surface area (Å²) in [5.41, 5.74) is 11.2. The first kappa shape index (κ1) is 117. The highest BCUT2D eigenvalue weighted by molar-refractivity contribution is 6.13. The van der Waals surface area contributed by atoms with Gasteiger partial charge in [0.05, 0.1) is 73.8 Å². The molecule has 5 heterocycles. The lowest BCUT2D eigenvalue weighted by Crippen LogP contribution is -2.08. The third-order valence-electron chi connectivity index (χ3n) is 29.4. The predicted octanol–water partition coefficient (Wildman–Crippen LogP) is 41.5. The van der Waals surface area contributed by atoms with Gasteiger partial charge in [0.1, 0.15) is 0 Å². The van der Waals surface area contributed by atoms with E-state index in [0.29, 0.717) is 39.6 Å². The number of aliphatic imine (C=N–C) groups is 2. The number of nitrogens with one attached hydrogen (secondary N) is 2. The van der Waals surface area contributed by atoms with Crippen LogP contribution in [0.3, 0.4) is 0 Å². The van der Waals surface area contributed by atoms with Crippen molar-refractivity contribution < 1.29 is 28.4 Å². The molecule has 3 aliphatic heterocycles. The average Bonchev–Trinajstić information content (AvgIpc) is 1.62. The molecule has 10 nitrogen and oxygen atoms in total. The van der Waals surface area contributed by atoms with Gasteiger partial charge in [0.25, 0.3) is 0 Å². The van der Waals surface area contributed by atoms with Crippen LogP contribution in [0.2, 0.25) is 0 Å². The standard InChI is InChI=1S/C126H212N4O6/c1-7-13-19-25-31-37-43-49-55-61-67-73-79-85-99-131-119-105-109(106-120(132-100-86-80-74-68-62-56-50-44-38-32-26-20-14-8-2)125(119)135-103-89-83-77-71-65-59-53-47-41-35-29-23-17-11-5)123-115-95-91-111(127-115)113-93-97-117(129-113)124(118-98-94-114(130-118)112-92-96-116(123)128-112)110-107-121(133-101-87-81-75-69-63-57-51-45-39-33-27-21-15-9-3)126(136-104-90-84-78-72-66-60-54-48-42-36-30-24-18-12-6)122(108-110)134-102-88-82-76-70-64-58-52-46-40-34-28-22-16-10-4/h91-98,105-108,127,130H,7-90,99-104H2,1-6H3. The lowest BCUT2D eigenvalue weighted by molar-refractivity contribution is 0.234. The molecule has 3 aliphatic rings. The maximum absolute atomic E-state index is 7.16. The molecule has 2 aromatic carbocycles. The van der Waals surface area contributed by atoms with Gasteiger partial charge in [-0.1, -0.05) is 542 Å². The minimum Gasteiger partial charge on any atom is -0.490 e. The smallest absolute Gasteiger partial charge is 0.203 e. The van der Waals surface area contributed by atoms with E-state index in [-0.39, 0.29) is 0 Å². The second-order valence-corrected chi connectivity index (χ2v) is 42.0. The van der Waals surface area contributed by atoms with Crippen LogP contribution in [0.15, 0.2) is 94.2 Å². The topological polar surface area (TPSA) is 112 Å². The van der Waals surface area contributed by atoms with Crippen molar-refractivity contribution in [3.8, 4) is 34.5 Å². The lowest BCUT2D eigenvalue weighted by Gasteiger charge is -2.20. The molecule has 8 bridgehead atoms.